The van der Waals surface area contributed by atoms with Gasteiger partial charge in [-0.3, -0.25) is 0 Å². The fourth-order valence-corrected chi connectivity index (χ4v) is 3.33. The van der Waals surface area contributed by atoms with Crippen molar-refractivity contribution >= 4 is 11.5 Å². The molecule has 3 aromatic rings. The molecule has 0 aliphatic carbocycles. The number of hydrogen-bond acceptors (Lipinski definition) is 5. The van der Waals surface area contributed by atoms with Crippen LogP contribution in [0, 0.1) is 5.82 Å². The lowest BCUT2D eigenvalue weighted by Gasteiger charge is -2.23. The van der Waals surface area contributed by atoms with Gasteiger partial charge in [-0.1, -0.05) is 19.1 Å². The van der Waals surface area contributed by atoms with Gasteiger partial charge in [-0.25, -0.2) is 4.39 Å². The van der Waals surface area contributed by atoms with Crippen molar-refractivity contribution in [3.05, 3.63) is 42.2 Å². The maximum atomic E-state index is 14.1. The number of benzene rings is 1. The Morgan fingerprint density at radius 2 is 2.04 bits per heavy atom. The number of nitrogens with zero attached hydrogens (tertiary/aromatic N) is 6. The zero-order valence-corrected chi connectivity index (χ0v) is 14.4. The van der Waals surface area contributed by atoms with Crippen molar-refractivity contribution in [2.75, 3.05) is 31.6 Å². The Hall–Kier alpha value is -2.54. The molecule has 1 atom stereocenters. The highest BCUT2D eigenvalue weighted by molar-refractivity contribution is 5.60. The normalized spacial score (nSPS) is 17.8. The van der Waals surface area contributed by atoms with E-state index in [9.17, 15) is 4.39 Å². The van der Waals surface area contributed by atoms with E-state index >= 15 is 0 Å². The van der Waals surface area contributed by atoms with E-state index in [1.807, 2.05) is 12.1 Å². The summed E-state index contributed by atoms with van der Waals surface area (Å²) in [6.07, 6.45) is 1.12. The molecule has 0 radical (unpaired) electrons. The van der Waals surface area contributed by atoms with E-state index < -0.39 is 0 Å². The van der Waals surface area contributed by atoms with Crippen LogP contribution in [0.5, 0.6) is 0 Å². The minimum Gasteiger partial charge on any atom is -0.354 e. The first kappa shape index (κ1) is 16.0. The summed E-state index contributed by atoms with van der Waals surface area (Å²) in [5.41, 5.74) is 1.02. The number of hydrogen-bond donors (Lipinski definition) is 0. The summed E-state index contributed by atoms with van der Waals surface area (Å²) in [5.74, 6) is 0.975. The van der Waals surface area contributed by atoms with Crippen LogP contribution < -0.4 is 4.90 Å². The standard InChI is InChI=1S/C18H21FN6/c1-3-23(2)13-10-11-24(12-13)17-9-8-16-20-21-18(25(16)22-17)14-6-4-5-7-15(14)19/h4-9,13H,3,10-12H2,1-2H3. The summed E-state index contributed by atoms with van der Waals surface area (Å²) < 4.78 is 15.8. The summed E-state index contributed by atoms with van der Waals surface area (Å²) in [5, 5.41) is 12.9. The third kappa shape index (κ3) is 2.84. The minimum atomic E-state index is -0.324. The SMILES string of the molecule is CCN(C)C1CCN(c2ccc3nnc(-c4ccccc4F)n3n2)C1. The molecular weight excluding hydrogens is 319 g/mol. The van der Waals surface area contributed by atoms with Crippen molar-refractivity contribution in [2.24, 2.45) is 0 Å². The van der Waals surface area contributed by atoms with Crippen LogP contribution in [0.15, 0.2) is 36.4 Å². The molecule has 3 heterocycles. The Balaban J connectivity index is 1.69. The quantitative estimate of drug-likeness (QED) is 0.730. The second kappa shape index (κ2) is 6.40. The molecule has 4 rings (SSSR count). The Morgan fingerprint density at radius 3 is 2.84 bits per heavy atom. The van der Waals surface area contributed by atoms with Crippen LogP contribution >= 0.6 is 0 Å². The molecule has 0 spiro atoms. The van der Waals surface area contributed by atoms with Gasteiger partial charge < -0.3 is 9.80 Å². The maximum Gasteiger partial charge on any atom is 0.188 e. The van der Waals surface area contributed by atoms with Gasteiger partial charge in [0, 0.05) is 19.1 Å². The van der Waals surface area contributed by atoms with Crippen LogP contribution in [0.4, 0.5) is 10.2 Å². The first-order chi connectivity index (χ1) is 12.2. The van der Waals surface area contributed by atoms with E-state index in [2.05, 4.69) is 39.1 Å². The molecule has 0 N–H and O–H groups in total. The van der Waals surface area contributed by atoms with Gasteiger partial charge in [-0.05, 0) is 44.3 Å². The molecule has 0 amide bonds. The third-order valence-electron chi connectivity index (χ3n) is 4.97. The fourth-order valence-electron chi connectivity index (χ4n) is 3.33. The molecule has 6 nitrogen and oxygen atoms in total. The van der Waals surface area contributed by atoms with E-state index in [-0.39, 0.29) is 5.82 Å². The number of rotatable bonds is 4. The van der Waals surface area contributed by atoms with Crippen LogP contribution in [0.1, 0.15) is 13.3 Å². The molecule has 0 bridgehead atoms. The predicted molar refractivity (Wildman–Crippen MR) is 95.1 cm³/mol. The molecule has 7 heteroatoms. The number of fused-ring (bicyclic) bond motifs is 1. The Kier molecular flexibility index (Phi) is 4.09. The van der Waals surface area contributed by atoms with E-state index in [1.54, 1.807) is 22.7 Å². The number of likely N-dealkylation sites (N-methyl/N-ethyl adjacent to an activating group) is 1. The highest BCUT2D eigenvalue weighted by Gasteiger charge is 2.26. The molecule has 1 fully saturated rings. The summed E-state index contributed by atoms with van der Waals surface area (Å²) >= 11 is 0. The van der Waals surface area contributed by atoms with E-state index in [4.69, 9.17) is 0 Å². The monoisotopic (exact) mass is 340 g/mol. The minimum absolute atomic E-state index is 0.324. The second-order valence-corrected chi connectivity index (χ2v) is 6.43. The van der Waals surface area contributed by atoms with Gasteiger partial charge in [0.1, 0.15) is 11.6 Å². The first-order valence-electron chi connectivity index (χ1n) is 8.60. The van der Waals surface area contributed by atoms with E-state index in [1.165, 1.54) is 6.07 Å². The molecule has 1 aliphatic rings. The molecule has 0 saturated carbocycles. The number of halogens is 1. The maximum absolute atomic E-state index is 14.1. The largest absolute Gasteiger partial charge is 0.354 e. The summed E-state index contributed by atoms with van der Waals surface area (Å²) in [7, 11) is 2.15. The third-order valence-corrected chi connectivity index (χ3v) is 4.97. The lowest BCUT2D eigenvalue weighted by atomic mass is 10.2. The van der Waals surface area contributed by atoms with Crippen molar-refractivity contribution in [2.45, 2.75) is 19.4 Å². The van der Waals surface area contributed by atoms with E-state index in [0.29, 0.717) is 23.1 Å². The topological polar surface area (TPSA) is 49.6 Å². The highest BCUT2D eigenvalue weighted by atomic mass is 19.1. The molecule has 1 aromatic carbocycles. The average Bonchev–Trinajstić information content (AvgIpc) is 3.28. The highest BCUT2D eigenvalue weighted by Crippen LogP contribution is 2.24. The molecule has 130 valence electrons. The summed E-state index contributed by atoms with van der Waals surface area (Å²) in [6.45, 7) is 5.11. The Morgan fingerprint density at radius 1 is 1.20 bits per heavy atom. The molecule has 25 heavy (non-hydrogen) atoms. The molecule has 1 unspecified atom stereocenters. The molecular formula is C18H21FN6. The lowest BCUT2D eigenvalue weighted by Crippen LogP contribution is -2.34. The molecule has 2 aromatic heterocycles. The van der Waals surface area contributed by atoms with Gasteiger partial charge in [0.2, 0.25) is 0 Å². The predicted octanol–water partition coefficient (Wildman–Crippen LogP) is 2.46. The van der Waals surface area contributed by atoms with Crippen LogP contribution in [0.3, 0.4) is 0 Å². The Bertz CT molecular complexity index is 892. The smallest absolute Gasteiger partial charge is 0.188 e. The van der Waals surface area contributed by atoms with Gasteiger partial charge in [0.25, 0.3) is 0 Å². The summed E-state index contributed by atoms with van der Waals surface area (Å²) in [4.78, 5) is 4.63. The van der Waals surface area contributed by atoms with Gasteiger partial charge in [-0.15, -0.1) is 15.3 Å². The van der Waals surface area contributed by atoms with Crippen molar-refractivity contribution in [3.8, 4) is 11.4 Å². The van der Waals surface area contributed by atoms with E-state index in [0.717, 1.165) is 31.9 Å². The van der Waals surface area contributed by atoms with Gasteiger partial charge in [-0.2, -0.15) is 4.52 Å². The number of aromatic nitrogens is 4. The summed E-state index contributed by atoms with van der Waals surface area (Å²) in [6, 6.07) is 11.0. The lowest BCUT2D eigenvalue weighted by molar-refractivity contribution is 0.272. The Labute approximate surface area is 145 Å². The van der Waals surface area contributed by atoms with Gasteiger partial charge in [0.05, 0.1) is 5.56 Å². The van der Waals surface area contributed by atoms with Crippen LogP contribution in [-0.2, 0) is 0 Å². The van der Waals surface area contributed by atoms with Crippen molar-refractivity contribution < 1.29 is 4.39 Å². The zero-order valence-electron chi connectivity index (χ0n) is 14.4. The average molecular weight is 340 g/mol. The molecule has 1 saturated heterocycles. The fraction of sp³-hybridized carbons (Fsp3) is 0.389. The van der Waals surface area contributed by atoms with Crippen LogP contribution in [0.2, 0.25) is 0 Å². The van der Waals surface area contributed by atoms with Crippen LogP contribution in [-0.4, -0.2) is 57.4 Å². The van der Waals surface area contributed by atoms with Gasteiger partial charge in [0.15, 0.2) is 11.5 Å². The first-order valence-corrected chi connectivity index (χ1v) is 8.60. The molecule has 1 aliphatic heterocycles. The van der Waals surface area contributed by atoms with Crippen molar-refractivity contribution in [3.63, 3.8) is 0 Å². The van der Waals surface area contributed by atoms with Gasteiger partial charge >= 0.3 is 0 Å². The van der Waals surface area contributed by atoms with Crippen molar-refractivity contribution in [1.82, 2.24) is 24.7 Å². The second-order valence-electron chi connectivity index (χ2n) is 6.43. The van der Waals surface area contributed by atoms with Crippen molar-refractivity contribution in [1.29, 1.82) is 0 Å². The van der Waals surface area contributed by atoms with Crippen LogP contribution in [0.25, 0.3) is 17.0 Å². The zero-order chi connectivity index (χ0) is 17.4. The number of anilines is 1.